The van der Waals surface area contributed by atoms with E-state index in [1.807, 2.05) is 6.92 Å². The lowest BCUT2D eigenvalue weighted by Gasteiger charge is -2.10. The van der Waals surface area contributed by atoms with Gasteiger partial charge in [-0.2, -0.15) is 0 Å². The minimum atomic E-state index is -0.746. The van der Waals surface area contributed by atoms with Crippen molar-refractivity contribution < 1.29 is 18.7 Å². The zero-order valence-corrected chi connectivity index (χ0v) is 11.4. The summed E-state index contributed by atoms with van der Waals surface area (Å²) in [5, 5.41) is 0. The second-order valence-electron chi connectivity index (χ2n) is 4.24. The van der Waals surface area contributed by atoms with Crippen LogP contribution in [0.15, 0.2) is 36.4 Å². The van der Waals surface area contributed by atoms with Gasteiger partial charge in [-0.3, -0.25) is 4.79 Å². The van der Waals surface area contributed by atoms with Gasteiger partial charge >= 0.3 is 0 Å². The van der Waals surface area contributed by atoms with E-state index in [0.717, 1.165) is 6.07 Å². The number of halogens is 1. The highest BCUT2D eigenvalue weighted by Gasteiger charge is 2.13. The fourth-order valence-electron chi connectivity index (χ4n) is 1.76. The lowest BCUT2D eigenvalue weighted by Crippen LogP contribution is -2.14. The molecule has 4 N–H and O–H groups in total. The molecule has 0 aliphatic rings. The molecule has 2 aromatic carbocycles. The predicted octanol–water partition coefficient (Wildman–Crippen LogP) is 2.70. The summed E-state index contributed by atoms with van der Waals surface area (Å²) in [6.45, 7) is 2.42. The highest BCUT2D eigenvalue weighted by Crippen LogP contribution is 2.29. The highest BCUT2D eigenvalue weighted by molar-refractivity contribution is 5.98. The van der Waals surface area contributed by atoms with Crippen molar-refractivity contribution in [3.8, 4) is 17.2 Å². The first kappa shape index (κ1) is 14.6. The van der Waals surface area contributed by atoms with Crippen molar-refractivity contribution in [1.82, 2.24) is 0 Å². The number of carbonyl (C=O) groups excluding carboxylic acids is 1. The Hall–Kier alpha value is -2.76. The van der Waals surface area contributed by atoms with E-state index in [1.54, 1.807) is 24.3 Å². The third-order valence-corrected chi connectivity index (χ3v) is 2.73. The maximum Gasteiger partial charge on any atom is 0.250 e. The van der Waals surface area contributed by atoms with Crippen LogP contribution in [0.4, 0.5) is 10.1 Å². The number of nitrogens with two attached hydrogens (primary N) is 2. The highest BCUT2D eigenvalue weighted by atomic mass is 19.1. The van der Waals surface area contributed by atoms with Crippen molar-refractivity contribution in [2.24, 2.45) is 5.73 Å². The molecule has 0 atom stereocenters. The number of hydrogen-bond acceptors (Lipinski definition) is 4. The minimum Gasteiger partial charge on any atom is -0.494 e. The SMILES string of the molecule is CCOc1ccc(Oc2cc(C(N)=O)c(N)cc2F)cc1. The summed E-state index contributed by atoms with van der Waals surface area (Å²) in [4.78, 5) is 11.2. The van der Waals surface area contributed by atoms with Crippen molar-refractivity contribution >= 4 is 11.6 Å². The van der Waals surface area contributed by atoms with Crippen molar-refractivity contribution in [1.29, 1.82) is 0 Å². The molecule has 0 bridgehead atoms. The van der Waals surface area contributed by atoms with Gasteiger partial charge in [-0.05, 0) is 37.3 Å². The Morgan fingerprint density at radius 1 is 1.19 bits per heavy atom. The first-order chi connectivity index (χ1) is 10.0. The number of primary amides is 1. The first-order valence-corrected chi connectivity index (χ1v) is 6.30. The Labute approximate surface area is 121 Å². The van der Waals surface area contributed by atoms with Crippen LogP contribution < -0.4 is 20.9 Å². The molecule has 0 aliphatic heterocycles. The number of hydrogen-bond donors (Lipinski definition) is 2. The van der Waals surface area contributed by atoms with Gasteiger partial charge in [0.1, 0.15) is 11.5 Å². The van der Waals surface area contributed by atoms with Gasteiger partial charge in [0.2, 0.25) is 0 Å². The fourth-order valence-corrected chi connectivity index (χ4v) is 1.76. The molecule has 21 heavy (non-hydrogen) atoms. The van der Waals surface area contributed by atoms with Crippen molar-refractivity contribution in [2.75, 3.05) is 12.3 Å². The summed E-state index contributed by atoms with van der Waals surface area (Å²) < 4.78 is 24.5. The largest absolute Gasteiger partial charge is 0.494 e. The third-order valence-electron chi connectivity index (χ3n) is 2.73. The van der Waals surface area contributed by atoms with E-state index in [1.165, 1.54) is 6.07 Å². The fraction of sp³-hybridized carbons (Fsp3) is 0.133. The quantitative estimate of drug-likeness (QED) is 0.829. The van der Waals surface area contributed by atoms with E-state index >= 15 is 0 Å². The molecule has 2 aromatic rings. The number of anilines is 1. The van der Waals surface area contributed by atoms with Crippen LogP contribution in [0.1, 0.15) is 17.3 Å². The molecule has 1 amide bonds. The molecule has 5 nitrogen and oxygen atoms in total. The van der Waals surface area contributed by atoms with Crippen LogP contribution >= 0.6 is 0 Å². The van der Waals surface area contributed by atoms with Gasteiger partial charge in [0.25, 0.3) is 5.91 Å². The molecular weight excluding hydrogens is 275 g/mol. The predicted molar refractivity (Wildman–Crippen MR) is 77.0 cm³/mol. The van der Waals surface area contributed by atoms with Crippen LogP contribution in [-0.2, 0) is 0 Å². The number of nitrogen functional groups attached to an aromatic ring is 1. The van der Waals surface area contributed by atoms with Crippen LogP contribution in [0.5, 0.6) is 17.2 Å². The van der Waals surface area contributed by atoms with Gasteiger partial charge in [0, 0.05) is 11.8 Å². The molecule has 0 aliphatic carbocycles. The van der Waals surface area contributed by atoms with Crippen LogP contribution in [0.2, 0.25) is 0 Å². The Kier molecular flexibility index (Phi) is 4.27. The van der Waals surface area contributed by atoms with Gasteiger partial charge in [0.15, 0.2) is 11.6 Å². The average molecular weight is 290 g/mol. The van der Waals surface area contributed by atoms with Crippen molar-refractivity contribution in [3.05, 3.63) is 47.8 Å². The van der Waals surface area contributed by atoms with Crippen LogP contribution in [0.3, 0.4) is 0 Å². The minimum absolute atomic E-state index is 0.0114. The number of benzene rings is 2. The molecule has 110 valence electrons. The van der Waals surface area contributed by atoms with E-state index in [2.05, 4.69) is 0 Å². The molecule has 0 heterocycles. The summed E-state index contributed by atoms with van der Waals surface area (Å²) in [5.74, 6) is -0.462. The first-order valence-electron chi connectivity index (χ1n) is 6.30. The molecule has 0 aromatic heterocycles. The van der Waals surface area contributed by atoms with Gasteiger partial charge < -0.3 is 20.9 Å². The van der Waals surface area contributed by atoms with Crippen LogP contribution in [0.25, 0.3) is 0 Å². The summed E-state index contributed by atoms with van der Waals surface area (Å²) >= 11 is 0. The second kappa shape index (κ2) is 6.13. The lowest BCUT2D eigenvalue weighted by molar-refractivity contribution is 0.100. The lowest BCUT2D eigenvalue weighted by atomic mass is 10.1. The Morgan fingerprint density at radius 2 is 1.81 bits per heavy atom. The topological polar surface area (TPSA) is 87.6 Å². The van der Waals surface area contributed by atoms with Gasteiger partial charge in [-0.1, -0.05) is 0 Å². The Morgan fingerprint density at radius 3 is 2.38 bits per heavy atom. The zero-order chi connectivity index (χ0) is 15.4. The standard InChI is InChI=1S/C15H15FN2O3/c1-2-20-9-3-5-10(6-4-9)21-14-7-11(15(18)19)13(17)8-12(14)16/h3-8H,2,17H2,1H3,(H2,18,19). The molecule has 0 spiro atoms. The molecule has 2 rings (SSSR count). The third kappa shape index (κ3) is 3.42. The average Bonchev–Trinajstić information content (AvgIpc) is 2.43. The van der Waals surface area contributed by atoms with Crippen molar-refractivity contribution in [3.63, 3.8) is 0 Å². The van der Waals surface area contributed by atoms with E-state index < -0.39 is 11.7 Å². The maximum absolute atomic E-state index is 13.8. The monoisotopic (exact) mass is 290 g/mol. The second-order valence-corrected chi connectivity index (χ2v) is 4.24. The summed E-state index contributed by atoms with van der Waals surface area (Å²) in [5.41, 5.74) is 10.7. The van der Waals surface area contributed by atoms with E-state index in [0.29, 0.717) is 18.1 Å². The Balaban J connectivity index is 2.26. The van der Waals surface area contributed by atoms with Crippen molar-refractivity contribution in [2.45, 2.75) is 6.92 Å². The smallest absolute Gasteiger partial charge is 0.250 e. The number of ether oxygens (including phenoxy) is 2. The van der Waals surface area contributed by atoms with Crippen LogP contribution in [0, 0.1) is 5.82 Å². The van der Waals surface area contributed by atoms with Gasteiger partial charge in [-0.15, -0.1) is 0 Å². The normalized spacial score (nSPS) is 10.2. The van der Waals surface area contributed by atoms with Crippen LogP contribution in [-0.4, -0.2) is 12.5 Å². The van der Waals surface area contributed by atoms with E-state index in [9.17, 15) is 9.18 Å². The summed E-state index contributed by atoms with van der Waals surface area (Å²) in [7, 11) is 0. The van der Waals surface area contributed by atoms with E-state index in [4.69, 9.17) is 20.9 Å². The van der Waals surface area contributed by atoms with E-state index in [-0.39, 0.29) is 17.0 Å². The molecule has 0 saturated carbocycles. The number of rotatable bonds is 5. The molecule has 0 saturated heterocycles. The summed E-state index contributed by atoms with van der Waals surface area (Å²) in [6.07, 6.45) is 0. The molecule has 0 fully saturated rings. The van der Waals surface area contributed by atoms with Gasteiger partial charge in [-0.25, -0.2) is 4.39 Å². The maximum atomic E-state index is 13.8. The molecular formula is C15H15FN2O3. The number of amides is 1. The number of carbonyl (C=O) groups is 1. The Bertz CT molecular complexity index is 657. The summed E-state index contributed by atoms with van der Waals surface area (Å²) in [6, 6.07) is 8.84. The molecule has 0 radical (unpaired) electrons. The molecule has 0 unspecified atom stereocenters. The van der Waals surface area contributed by atoms with Gasteiger partial charge in [0.05, 0.1) is 12.2 Å². The molecule has 6 heteroatoms. The zero-order valence-electron chi connectivity index (χ0n) is 11.4.